The zero-order valence-electron chi connectivity index (χ0n) is 12.5. The van der Waals surface area contributed by atoms with Gasteiger partial charge in [0.1, 0.15) is 0 Å². The minimum absolute atomic E-state index is 0.247. The first-order valence-corrected chi connectivity index (χ1v) is 8.21. The third-order valence-electron chi connectivity index (χ3n) is 3.73. The predicted molar refractivity (Wildman–Crippen MR) is 83.5 cm³/mol. The fourth-order valence-electron chi connectivity index (χ4n) is 2.32. The molecule has 0 bridgehead atoms. The summed E-state index contributed by atoms with van der Waals surface area (Å²) in [6.45, 7) is 7.79. The largest absolute Gasteiger partial charge is 0.355 e. The number of hydrogen-bond donors (Lipinski definition) is 2. The summed E-state index contributed by atoms with van der Waals surface area (Å²) in [5.74, 6) is 1.80. The standard InChI is InChI=1S/C14H29N3S/c1-11-7-6-8-12(9-11)17-13(15-4)16-10-14(2,3)18-5/h11-12H,6-10H2,1-5H3,(H2,15,16,17). The lowest BCUT2D eigenvalue weighted by molar-refractivity contribution is 0.324. The van der Waals surface area contributed by atoms with Crippen LogP contribution in [0.25, 0.3) is 0 Å². The van der Waals surface area contributed by atoms with E-state index in [1.807, 2.05) is 18.8 Å². The van der Waals surface area contributed by atoms with Crippen LogP contribution in [-0.2, 0) is 0 Å². The van der Waals surface area contributed by atoms with Gasteiger partial charge < -0.3 is 10.6 Å². The summed E-state index contributed by atoms with van der Waals surface area (Å²) < 4.78 is 0.247. The van der Waals surface area contributed by atoms with Gasteiger partial charge in [0.25, 0.3) is 0 Å². The Bertz CT molecular complexity index is 276. The van der Waals surface area contributed by atoms with Crippen molar-refractivity contribution < 1.29 is 0 Å². The van der Waals surface area contributed by atoms with Crippen LogP contribution in [-0.4, -0.2) is 36.6 Å². The molecule has 0 aromatic carbocycles. The monoisotopic (exact) mass is 271 g/mol. The van der Waals surface area contributed by atoms with Crippen molar-refractivity contribution >= 4 is 17.7 Å². The highest BCUT2D eigenvalue weighted by atomic mass is 32.2. The van der Waals surface area contributed by atoms with E-state index in [0.717, 1.165) is 18.4 Å². The molecule has 18 heavy (non-hydrogen) atoms. The van der Waals surface area contributed by atoms with Gasteiger partial charge in [0.2, 0.25) is 0 Å². The van der Waals surface area contributed by atoms with Crippen molar-refractivity contribution in [3.63, 3.8) is 0 Å². The van der Waals surface area contributed by atoms with Crippen molar-refractivity contribution in [2.75, 3.05) is 19.8 Å². The SMILES string of the molecule is CN=C(NCC(C)(C)SC)NC1CCCC(C)C1. The normalized spacial score (nSPS) is 25.9. The van der Waals surface area contributed by atoms with Gasteiger partial charge in [0.15, 0.2) is 5.96 Å². The predicted octanol–water partition coefficient (Wildman–Crippen LogP) is 2.87. The molecule has 0 radical (unpaired) electrons. The molecule has 0 spiro atoms. The number of nitrogens with zero attached hydrogens (tertiary/aromatic N) is 1. The molecule has 3 nitrogen and oxygen atoms in total. The Hall–Kier alpha value is -0.380. The minimum Gasteiger partial charge on any atom is -0.355 e. The summed E-state index contributed by atoms with van der Waals surface area (Å²) in [6, 6.07) is 0.595. The van der Waals surface area contributed by atoms with Gasteiger partial charge in [-0.3, -0.25) is 4.99 Å². The highest BCUT2D eigenvalue weighted by Crippen LogP contribution is 2.23. The molecule has 1 fully saturated rings. The zero-order valence-corrected chi connectivity index (χ0v) is 13.4. The van der Waals surface area contributed by atoms with Crippen LogP contribution in [0.3, 0.4) is 0 Å². The van der Waals surface area contributed by atoms with Crippen molar-refractivity contribution in [3.05, 3.63) is 0 Å². The molecule has 1 rings (SSSR count). The first kappa shape index (κ1) is 15.7. The van der Waals surface area contributed by atoms with Crippen LogP contribution in [0, 0.1) is 5.92 Å². The second kappa shape index (κ2) is 7.27. The summed E-state index contributed by atoms with van der Waals surface area (Å²) in [6.07, 6.45) is 7.42. The van der Waals surface area contributed by atoms with Gasteiger partial charge >= 0.3 is 0 Å². The van der Waals surface area contributed by atoms with E-state index in [0.29, 0.717) is 6.04 Å². The van der Waals surface area contributed by atoms with E-state index in [9.17, 15) is 0 Å². The molecular formula is C14H29N3S. The molecule has 0 aromatic heterocycles. The van der Waals surface area contributed by atoms with E-state index in [2.05, 4.69) is 42.7 Å². The Morgan fingerprint density at radius 3 is 2.67 bits per heavy atom. The lowest BCUT2D eigenvalue weighted by atomic mass is 9.87. The van der Waals surface area contributed by atoms with Gasteiger partial charge in [-0.1, -0.05) is 19.8 Å². The maximum Gasteiger partial charge on any atom is 0.191 e. The molecule has 4 heteroatoms. The second-order valence-corrected chi connectivity index (χ2v) is 7.52. The van der Waals surface area contributed by atoms with E-state index in [1.54, 1.807) is 0 Å². The summed E-state index contributed by atoms with van der Waals surface area (Å²) in [5, 5.41) is 7.00. The highest BCUT2D eigenvalue weighted by Gasteiger charge is 2.21. The van der Waals surface area contributed by atoms with E-state index < -0.39 is 0 Å². The van der Waals surface area contributed by atoms with Crippen molar-refractivity contribution in [2.45, 2.75) is 57.2 Å². The molecule has 0 heterocycles. The van der Waals surface area contributed by atoms with Gasteiger partial charge in [-0.25, -0.2) is 0 Å². The molecule has 2 atom stereocenters. The average Bonchev–Trinajstić information content (AvgIpc) is 2.34. The number of hydrogen-bond acceptors (Lipinski definition) is 2. The lowest BCUT2D eigenvalue weighted by Gasteiger charge is -2.30. The maximum atomic E-state index is 4.33. The third-order valence-corrected chi connectivity index (χ3v) is 4.98. The van der Waals surface area contributed by atoms with E-state index in [1.165, 1.54) is 25.7 Å². The van der Waals surface area contributed by atoms with Gasteiger partial charge in [-0.2, -0.15) is 11.8 Å². The molecule has 1 aliphatic carbocycles. The number of guanidine groups is 1. The van der Waals surface area contributed by atoms with Crippen molar-refractivity contribution in [2.24, 2.45) is 10.9 Å². The number of nitrogens with one attached hydrogen (secondary N) is 2. The number of aliphatic imine (C=N–C) groups is 1. The Balaban J connectivity index is 2.38. The smallest absolute Gasteiger partial charge is 0.191 e. The Morgan fingerprint density at radius 2 is 2.11 bits per heavy atom. The molecule has 1 saturated carbocycles. The molecule has 0 aliphatic heterocycles. The average molecular weight is 271 g/mol. The van der Waals surface area contributed by atoms with E-state index in [4.69, 9.17) is 0 Å². The molecular weight excluding hydrogens is 242 g/mol. The molecule has 1 aliphatic rings. The molecule has 0 amide bonds. The summed E-state index contributed by atoms with van der Waals surface area (Å²) in [4.78, 5) is 4.33. The third kappa shape index (κ3) is 5.51. The maximum absolute atomic E-state index is 4.33. The van der Waals surface area contributed by atoms with E-state index >= 15 is 0 Å². The lowest BCUT2D eigenvalue weighted by Crippen LogP contribution is -2.48. The molecule has 2 unspecified atom stereocenters. The zero-order chi connectivity index (χ0) is 13.6. The van der Waals surface area contributed by atoms with Gasteiger partial charge in [0.05, 0.1) is 0 Å². The van der Waals surface area contributed by atoms with Crippen LogP contribution in [0.5, 0.6) is 0 Å². The van der Waals surface area contributed by atoms with Crippen molar-refractivity contribution in [1.29, 1.82) is 0 Å². The van der Waals surface area contributed by atoms with Crippen LogP contribution < -0.4 is 10.6 Å². The fraction of sp³-hybridized carbons (Fsp3) is 0.929. The fourth-order valence-corrected chi connectivity index (χ4v) is 2.54. The molecule has 0 saturated heterocycles. The van der Waals surface area contributed by atoms with Crippen molar-refractivity contribution in [1.82, 2.24) is 10.6 Å². The molecule has 2 N–H and O–H groups in total. The van der Waals surface area contributed by atoms with Crippen LogP contribution in [0.15, 0.2) is 4.99 Å². The topological polar surface area (TPSA) is 36.4 Å². The van der Waals surface area contributed by atoms with Crippen molar-refractivity contribution in [3.8, 4) is 0 Å². The van der Waals surface area contributed by atoms with Crippen LogP contribution in [0.4, 0.5) is 0 Å². The first-order valence-electron chi connectivity index (χ1n) is 6.99. The van der Waals surface area contributed by atoms with Crippen LogP contribution >= 0.6 is 11.8 Å². The second-order valence-electron chi connectivity index (χ2n) is 6.00. The summed E-state index contributed by atoms with van der Waals surface area (Å²) in [7, 11) is 1.85. The Kier molecular flexibility index (Phi) is 6.33. The minimum atomic E-state index is 0.247. The number of rotatable bonds is 4. The molecule has 0 aromatic rings. The van der Waals surface area contributed by atoms with E-state index in [-0.39, 0.29) is 4.75 Å². The highest BCUT2D eigenvalue weighted by molar-refractivity contribution is 7.99. The molecule has 106 valence electrons. The summed E-state index contributed by atoms with van der Waals surface area (Å²) >= 11 is 1.88. The first-order chi connectivity index (χ1) is 8.46. The quantitative estimate of drug-likeness (QED) is 0.610. The Morgan fingerprint density at radius 1 is 1.39 bits per heavy atom. The van der Waals surface area contributed by atoms with Gasteiger partial charge in [-0.05, 0) is 38.9 Å². The summed E-state index contributed by atoms with van der Waals surface area (Å²) in [5.41, 5.74) is 0. The van der Waals surface area contributed by atoms with Gasteiger partial charge in [0, 0.05) is 24.4 Å². The van der Waals surface area contributed by atoms with Crippen LogP contribution in [0.2, 0.25) is 0 Å². The van der Waals surface area contributed by atoms with Crippen LogP contribution in [0.1, 0.15) is 46.5 Å². The van der Waals surface area contributed by atoms with Gasteiger partial charge in [-0.15, -0.1) is 0 Å². The Labute approximate surface area is 117 Å². The number of thioether (sulfide) groups is 1.